The number of hydrogen-bond acceptors (Lipinski definition) is 4. The van der Waals surface area contributed by atoms with Crippen LogP contribution in [0, 0.1) is 5.82 Å². The molecular formula is C9H14FN3O. The van der Waals surface area contributed by atoms with Gasteiger partial charge < -0.3 is 9.64 Å². The summed E-state index contributed by atoms with van der Waals surface area (Å²) in [6, 6.07) is 0.219. The Morgan fingerprint density at radius 3 is 2.79 bits per heavy atom. The molecule has 4 nitrogen and oxygen atoms in total. The molecule has 0 N–H and O–H groups in total. The number of aromatic nitrogens is 2. The molecule has 1 heterocycles. The zero-order valence-corrected chi connectivity index (χ0v) is 8.62. The van der Waals surface area contributed by atoms with Gasteiger partial charge in [0.15, 0.2) is 11.6 Å². The Morgan fingerprint density at radius 1 is 1.50 bits per heavy atom. The fourth-order valence-electron chi connectivity index (χ4n) is 0.919. The van der Waals surface area contributed by atoms with Crippen LogP contribution in [-0.2, 0) is 0 Å². The molecule has 0 aliphatic heterocycles. The highest BCUT2D eigenvalue weighted by atomic mass is 19.1. The second-order valence-corrected chi connectivity index (χ2v) is 3.07. The normalized spacial score (nSPS) is 10.0. The van der Waals surface area contributed by atoms with Gasteiger partial charge >= 0.3 is 6.01 Å². The zero-order valence-electron chi connectivity index (χ0n) is 8.62. The van der Waals surface area contributed by atoms with Gasteiger partial charge in [0.05, 0.1) is 12.8 Å². The molecule has 0 bridgehead atoms. The first-order chi connectivity index (χ1) is 6.65. The first kappa shape index (κ1) is 10.7. The molecule has 0 aliphatic rings. The Hall–Kier alpha value is -1.39. The fourth-order valence-corrected chi connectivity index (χ4v) is 0.919. The molecule has 0 atom stereocenters. The second kappa shape index (κ2) is 4.74. The molecule has 0 saturated heterocycles. The van der Waals surface area contributed by atoms with Gasteiger partial charge in [-0.1, -0.05) is 6.92 Å². The molecule has 0 saturated carbocycles. The van der Waals surface area contributed by atoms with Crippen LogP contribution in [0.5, 0.6) is 6.01 Å². The Labute approximate surface area is 82.7 Å². The maximum absolute atomic E-state index is 13.1. The molecule has 1 rings (SSSR count). The lowest BCUT2D eigenvalue weighted by molar-refractivity contribution is 0.291. The molecule has 0 unspecified atom stereocenters. The molecule has 5 heteroatoms. The van der Waals surface area contributed by atoms with Crippen LogP contribution in [0.4, 0.5) is 10.2 Å². The van der Waals surface area contributed by atoms with E-state index in [0.717, 1.165) is 12.6 Å². The van der Waals surface area contributed by atoms with E-state index in [2.05, 4.69) is 9.97 Å². The smallest absolute Gasteiger partial charge is 0.318 e. The summed E-state index contributed by atoms with van der Waals surface area (Å²) in [4.78, 5) is 9.23. The van der Waals surface area contributed by atoms with Crippen molar-refractivity contribution in [3.63, 3.8) is 0 Å². The van der Waals surface area contributed by atoms with Crippen molar-refractivity contribution in [1.29, 1.82) is 0 Å². The molecule has 1 aromatic rings. The van der Waals surface area contributed by atoms with Crippen LogP contribution in [0.1, 0.15) is 13.3 Å². The van der Waals surface area contributed by atoms with Crippen LogP contribution in [0.3, 0.4) is 0 Å². The van der Waals surface area contributed by atoms with E-state index in [1.165, 1.54) is 0 Å². The lowest BCUT2D eigenvalue weighted by Gasteiger charge is -2.12. The van der Waals surface area contributed by atoms with Crippen LogP contribution < -0.4 is 9.64 Å². The Bertz CT molecular complexity index is 304. The summed E-state index contributed by atoms with van der Waals surface area (Å²) in [5, 5.41) is 0. The van der Waals surface area contributed by atoms with E-state index < -0.39 is 5.82 Å². The van der Waals surface area contributed by atoms with Gasteiger partial charge in [-0.3, -0.25) is 0 Å². The van der Waals surface area contributed by atoms with Crippen LogP contribution in [-0.4, -0.2) is 30.7 Å². The maximum Gasteiger partial charge on any atom is 0.318 e. The van der Waals surface area contributed by atoms with Gasteiger partial charge in [-0.05, 0) is 6.42 Å². The number of nitrogens with zero attached hydrogens (tertiary/aromatic N) is 3. The van der Waals surface area contributed by atoms with E-state index >= 15 is 0 Å². The molecule has 78 valence electrons. The van der Waals surface area contributed by atoms with Gasteiger partial charge in [0.25, 0.3) is 0 Å². The minimum Gasteiger partial charge on any atom is -0.463 e. The summed E-state index contributed by atoms with van der Waals surface area (Å²) >= 11 is 0. The van der Waals surface area contributed by atoms with E-state index in [4.69, 9.17) is 4.74 Å². The van der Waals surface area contributed by atoms with Crippen molar-refractivity contribution in [2.45, 2.75) is 13.3 Å². The largest absolute Gasteiger partial charge is 0.463 e. The van der Waals surface area contributed by atoms with Crippen LogP contribution in [0.25, 0.3) is 0 Å². The van der Waals surface area contributed by atoms with E-state index in [1.54, 1.807) is 19.0 Å². The van der Waals surface area contributed by atoms with E-state index in [1.807, 2.05) is 6.92 Å². The quantitative estimate of drug-likeness (QED) is 0.736. The second-order valence-electron chi connectivity index (χ2n) is 3.07. The standard InChI is InChI=1S/C9H14FN3O/c1-4-5-14-9-11-6-7(10)8(12-9)13(2)3/h6H,4-5H2,1-3H3. The van der Waals surface area contributed by atoms with Crippen molar-refractivity contribution < 1.29 is 9.13 Å². The fraction of sp³-hybridized carbons (Fsp3) is 0.556. The molecule has 1 aromatic heterocycles. The number of ether oxygens (including phenoxy) is 1. The summed E-state index contributed by atoms with van der Waals surface area (Å²) in [6.45, 7) is 2.52. The summed E-state index contributed by atoms with van der Waals surface area (Å²) in [5.41, 5.74) is 0. The van der Waals surface area contributed by atoms with Gasteiger partial charge in [-0.25, -0.2) is 9.37 Å². The minimum absolute atomic E-state index is 0.219. The monoisotopic (exact) mass is 199 g/mol. The predicted molar refractivity (Wildman–Crippen MR) is 52.1 cm³/mol. The number of hydrogen-bond donors (Lipinski definition) is 0. The molecule has 0 aromatic carbocycles. The molecule has 0 aliphatic carbocycles. The molecule has 0 radical (unpaired) electrons. The van der Waals surface area contributed by atoms with Gasteiger partial charge in [-0.2, -0.15) is 4.98 Å². The minimum atomic E-state index is -0.446. The highest BCUT2D eigenvalue weighted by molar-refractivity contribution is 5.37. The Morgan fingerprint density at radius 2 is 2.21 bits per heavy atom. The third-order valence-electron chi connectivity index (χ3n) is 1.56. The van der Waals surface area contributed by atoms with Gasteiger partial charge in [-0.15, -0.1) is 0 Å². The summed E-state index contributed by atoms with van der Waals surface area (Å²) in [7, 11) is 3.43. The lowest BCUT2D eigenvalue weighted by Crippen LogP contribution is -2.14. The number of halogens is 1. The highest BCUT2D eigenvalue weighted by Gasteiger charge is 2.08. The van der Waals surface area contributed by atoms with Gasteiger partial charge in [0.2, 0.25) is 0 Å². The van der Waals surface area contributed by atoms with E-state index in [0.29, 0.717) is 6.61 Å². The SMILES string of the molecule is CCCOc1ncc(F)c(N(C)C)n1. The molecular weight excluding hydrogens is 185 g/mol. The molecule has 0 amide bonds. The van der Waals surface area contributed by atoms with Crippen molar-refractivity contribution in [3.05, 3.63) is 12.0 Å². The Balaban J connectivity index is 2.83. The maximum atomic E-state index is 13.1. The molecule has 14 heavy (non-hydrogen) atoms. The van der Waals surface area contributed by atoms with Gasteiger partial charge in [0.1, 0.15) is 0 Å². The van der Waals surface area contributed by atoms with Crippen LogP contribution in [0.15, 0.2) is 6.20 Å². The summed E-state index contributed by atoms with van der Waals surface area (Å²) < 4.78 is 18.3. The highest BCUT2D eigenvalue weighted by Crippen LogP contribution is 2.15. The average molecular weight is 199 g/mol. The van der Waals surface area contributed by atoms with Crippen molar-refractivity contribution in [1.82, 2.24) is 9.97 Å². The average Bonchev–Trinajstić information content (AvgIpc) is 2.16. The number of rotatable bonds is 4. The van der Waals surface area contributed by atoms with Crippen molar-refractivity contribution in [2.24, 2.45) is 0 Å². The summed E-state index contributed by atoms with van der Waals surface area (Å²) in [5.74, 6) is -0.204. The molecule has 0 spiro atoms. The van der Waals surface area contributed by atoms with Crippen LogP contribution in [0.2, 0.25) is 0 Å². The zero-order chi connectivity index (χ0) is 10.6. The lowest BCUT2D eigenvalue weighted by atomic mass is 10.5. The van der Waals surface area contributed by atoms with Crippen molar-refractivity contribution in [3.8, 4) is 6.01 Å². The number of anilines is 1. The van der Waals surface area contributed by atoms with Crippen LogP contribution >= 0.6 is 0 Å². The van der Waals surface area contributed by atoms with Crippen molar-refractivity contribution in [2.75, 3.05) is 25.6 Å². The van der Waals surface area contributed by atoms with Crippen molar-refractivity contribution >= 4 is 5.82 Å². The first-order valence-electron chi connectivity index (χ1n) is 4.47. The third kappa shape index (κ3) is 2.55. The topological polar surface area (TPSA) is 38.2 Å². The van der Waals surface area contributed by atoms with Gasteiger partial charge in [0, 0.05) is 14.1 Å². The summed E-state index contributed by atoms with van der Waals surface area (Å²) in [6.07, 6.45) is 1.99. The predicted octanol–water partition coefficient (Wildman–Crippen LogP) is 1.47. The first-order valence-corrected chi connectivity index (χ1v) is 4.47. The molecule has 0 fully saturated rings. The third-order valence-corrected chi connectivity index (χ3v) is 1.56. The Kier molecular flexibility index (Phi) is 3.62. The van der Waals surface area contributed by atoms with E-state index in [9.17, 15) is 4.39 Å². The van der Waals surface area contributed by atoms with E-state index in [-0.39, 0.29) is 11.8 Å².